The van der Waals surface area contributed by atoms with E-state index in [1.807, 2.05) is 13.8 Å². The zero-order chi connectivity index (χ0) is 13.9. The molecule has 0 unspecified atom stereocenters. The largest absolute Gasteiger partial charge is 0.332 e. The quantitative estimate of drug-likeness (QED) is 0.845. The number of nitrogens with one attached hydrogen (secondary N) is 2. The van der Waals surface area contributed by atoms with E-state index in [1.54, 1.807) is 6.20 Å². The molecule has 0 aliphatic rings. The lowest BCUT2D eigenvalue weighted by Crippen LogP contribution is -2.23. The van der Waals surface area contributed by atoms with Crippen LogP contribution in [-0.2, 0) is 29.4 Å². The molecule has 6 nitrogen and oxygen atoms in total. The summed E-state index contributed by atoms with van der Waals surface area (Å²) >= 11 is 1.51. The van der Waals surface area contributed by atoms with Crippen LogP contribution in [0.3, 0.4) is 0 Å². The number of sulfonamides is 1. The van der Waals surface area contributed by atoms with Gasteiger partial charge in [-0.05, 0) is 6.42 Å². The third-order valence-electron chi connectivity index (χ3n) is 2.59. The van der Waals surface area contributed by atoms with Crippen molar-refractivity contribution in [3.63, 3.8) is 0 Å². The molecular formula is C11H16N4O2S2. The van der Waals surface area contributed by atoms with Crippen LogP contribution in [0.5, 0.6) is 0 Å². The summed E-state index contributed by atoms with van der Waals surface area (Å²) in [7, 11) is -3.55. The molecule has 2 heterocycles. The lowest BCUT2D eigenvalue weighted by Gasteiger charge is -2.02. The van der Waals surface area contributed by atoms with Crippen LogP contribution in [0.25, 0.3) is 0 Å². The van der Waals surface area contributed by atoms with Crippen LogP contribution < -0.4 is 4.72 Å². The van der Waals surface area contributed by atoms with Crippen molar-refractivity contribution in [3.05, 3.63) is 28.1 Å². The molecule has 2 rings (SSSR count). The standard InChI is InChI=1S/C11H16N4O2S2/c1-3-8-5-13-10(18-8)6-14-19(16,17)11-7-12-9(4-2)15-11/h5,7,14H,3-4,6H2,1-2H3,(H,12,15). The van der Waals surface area contributed by atoms with E-state index in [2.05, 4.69) is 19.7 Å². The van der Waals surface area contributed by atoms with Gasteiger partial charge in [0.1, 0.15) is 10.8 Å². The highest BCUT2D eigenvalue weighted by atomic mass is 32.2. The molecule has 0 aliphatic heterocycles. The Labute approximate surface area is 116 Å². The molecule has 0 aromatic carbocycles. The number of aromatic amines is 1. The first-order valence-electron chi connectivity index (χ1n) is 6.02. The Morgan fingerprint density at radius 3 is 2.63 bits per heavy atom. The summed E-state index contributed by atoms with van der Waals surface area (Å²) in [5, 5.41) is 0.854. The molecule has 2 aromatic rings. The van der Waals surface area contributed by atoms with Crippen LogP contribution in [0, 0.1) is 0 Å². The van der Waals surface area contributed by atoms with Crippen molar-refractivity contribution >= 4 is 21.4 Å². The van der Waals surface area contributed by atoms with Gasteiger partial charge in [0.25, 0.3) is 10.0 Å². The number of rotatable bonds is 6. The second-order valence-electron chi connectivity index (χ2n) is 3.95. The maximum absolute atomic E-state index is 12.0. The highest BCUT2D eigenvalue weighted by Crippen LogP contribution is 2.14. The van der Waals surface area contributed by atoms with Crippen LogP contribution in [0.4, 0.5) is 0 Å². The summed E-state index contributed by atoms with van der Waals surface area (Å²) in [4.78, 5) is 12.1. The average Bonchev–Trinajstić information content (AvgIpc) is 3.05. The fourth-order valence-electron chi connectivity index (χ4n) is 1.49. The number of nitrogens with zero attached hydrogens (tertiary/aromatic N) is 2. The van der Waals surface area contributed by atoms with E-state index in [4.69, 9.17) is 0 Å². The molecule has 0 amide bonds. The van der Waals surface area contributed by atoms with Gasteiger partial charge in [0, 0.05) is 17.5 Å². The Balaban J connectivity index is 2.05. The molecule has 0 bridgehead atoms. The van der Waals surface area contributed by atoms with Crippen LogP contribution in [0.1, 0.15) is 29.6 Å². The van der Waals surface area contributed by atoms with Crippen LogP contribution >= 0.6 is 11.3 Å². The fraction of sp³-hybridized carbons (Fsp3) is 0.455. The van der Waals surface area contributed by atoms with Crippen molar-refractivity contribution in [2.45, 2.75) is 38.3 Å². The van der Waals surface area contributed by atoms with Crippen molar-refractivity contribution in [3.8, 4) is 0 Å². The van der Waals surface area contributed by atoms with Gasteiger partial charge in [-0.1, -0.05) is 13.8 Å². The van der Waals surface area contributed by atoms with Gasteiger partial charge in [-0.15, -0.1) is 11.3 Å². The summed E-state index contributed by atoms with van der Waals surface area (Å²) in [5.74, 6) is 0.655. The number of thiazole rings is 1. The minimum Gasteiger partial charge on any atom is -0.332 e. The Morgan fingerprint density at radius 2 is 2.05 bits per heavy atom. The van der Waals surface area contributed by atoms with E-state index >= 15 is 0 Å². The van der Waals surface area contributed by atoms with Gasteiger partial charge < -0.3 is 4.98 Å². The van der Waals surface area contributed by atoms with E-state index in [1.165, 1.54) is 17.5 Å². The van der Waals surface area contributed by atoms with Gasteiger partial charge in [-0.3, -0.25) is 0 Å². The highest BCUT2D eigenvalue weighted by Gasteiger charge is 2.17. The summed E-state index contributed by atoms with van der Waals surface area (Å²) in [6, 6.07) is 0. The number of imidazole rings is 1. The molecule has 0 saturated carbocycles. The van der Waals surface area contributed by atoms with Crippen molar-refractivity contribution in [1.82, 2.24) is 19.7 Å². The van der Waals surface area contributed by atoms with E-state index in [9.17, 15) is 8.42 Å². The molecule has 8 heteroatoms. The highest BCUT2D eigenvalue weighted by molar-refractivity contribution is 7.89. The lowest BCUT2D eigenvalue weighted by atomic mass is 10.4. The second-order valence-corrected chi connectivity index (χ2v) is 6.88. The average molecular weight is 300 g/mol. The number of aromatic nitrogens is 3. The third kappa shape index (κ3) is 3.40. The third-order valence-corrected chi connectivity index (χ3v) is 5.05. The lowest BCUT2D eigenvalue weighted by molar-refractivity contribution is 0.577. The van der Waals surface area contributed by atoms with E-state index in [0.717, 1.165) is 16.3 Å². The SMILES string of the molecule is CCc1ncc(S(=O)(=O)NCc2ncc(CC)s2)[nH]1. The van der Waals surface area contributed by atoms with Gasteiger partial charge in [-0.2, -0.15) is 0 Å². The monoisotopic (exact) mass is 300 g/mol. The second kappa shape index (κ2) is 5.81. The molecule has 104 valence electrons. The van der Waals surface area contributed by atoms with Gasteiger partial charge in [-0.25, -0.2) is 23.1 Å². The first-order valence-corrected chi connectivity index (χ1v) is 8.32. The fourth-order valence-corrected chi connectivity index (χ4v) is 3.31. The molecule has 0 atom stereocenters. The first-order chi connectivity index (χ1) is 9.05. The van der Waals surface area contributed by atoms with Gasteiger partial charge in [0.05, 0.1) is 12.7 Å². The molecule has 2 aromatic heterocycles. The molecule has 0 spiro atoms. The minimum atomic E-state index is -3.55. The summed E-state index contributed by atoms with van der Waals surface area (Å²) < 4.78 is 26.5. The summed E-state index contributed by atoms with van der Waals surface area (Å²) in [5.41, 5.74) is 0. The molecule has 0 fully saturated rings. The predicted octanol–water partition coefficient (Wildman–Crippen LogP) is 1.47. The zero-order valence-corrected chi connectivity index (χ0v) is 12.4. The number of aryl methyl sites for hydroxylation is 2. The maximum atomic E-state index is 12.0. The minimum absolute atomic E-state index is 0.0941. The number of hydrogen-bond acceptors (Lipinski definition) is 5. The first kappa shape index (κ1) is 14.2. The zero-order valence-electron chi connectivity index (χ0n) is 10.8. The molecule has 0 radical (unpaired) electrons. The van der Waals surface area contributed by atoms with E-state index in [0.29, 0.717) is 12.2 Å². The Morgan fingerprint density at radius 1 is 1.26 bits per heavy atom. The van der Waals surface area contributed by atoms with Crippen molar-refractivity contribution in [2.75, 3.05) is 0 Å². The van der Waals surface area contributed by atoms with Gasteiger partial charge in [0.15, 0.2) is 5.03 Å². The Kier molecular flexibility index (Phi) is 4.33. The van der Waals surface area contributed by atoms with Crippen LogP contribution in [0.15, 0.2) is 17.4 Å². The topological polar surface area (TPSA) is 87.7 Å². The Bertz CT molecular complexity index is 645. The molecule has 2 N–H and O–H groups in total. The maximum Gasteiger partial charge on any atom is 0.258 e. The van der Waals surface area contributed by atoms with Gasteiger partial charge in [0.2, 0.25) is 0 Å². The predicted molar refractivity (Wildman–Crippen MR) is 73.5 cm³/mol. The van der Waals surface area contributed by atoms with E-state index in [-0.39, 0.29) is 11.6 Å². The molecule has 0 aliphatic carbocycles. The Hall–Kier alpha value is -1.25. The normalized spacial score (nSPS) is 11.9. The summed E-state index contributed by atoms with van der Waals surface area (Å²) in [6.45, 7) is 4.15. The van der Waals surface area contributed by atoms with Gasteiger partial charge >= 0.3 is 0 Å². The molecule has 0 saturated heterocycles. The smallest absolute Gasteiger partial charge is 0.258 e. The number of hydrogen-bond donors (Lipinski definition) is 2. The summed E-state index contributed by atoms with van der Waals surface area (Å²) in [6.07, 6.45) is 4.69. The number of H-pyrrole nitrogens is 1. The molecule has 19 heavy (non-hydrogen) atoms. The van der Waals surface area contributed by atoms with Crippen molar-refractivity contribution in [1.29, 1.82) is 0 Å². The molecular weight excluding hydrogens is 284 g/mol. The van der Waals surface area contributed by atoms with Crippen LogP contribution in [0.2, 0.25) is 0 Å². The van der Waals surface area contributed by atoms with Crippen LogP contribution in [-0.4, -0.2) is 23.4 Å². The van der Waals surface area contributed by atoms with E-state index < -0.39 is 10.0 Å². The van der Waals surface area contributed by atoms with Crippen molar-refractivity contribution in [2.24, 2.45) is 0 Å². The van der Waals surface area contributed by atoms with Crippen molar-refractivity contribution < 1.29 is 8.42 Å².